The molecule has 5 nitrogen and oxygen atoms in total. The number of para-hydroxylation sites is 1. The number of aryl methyl sites for hydroxylation is 1. The Bertz CT molecular complexity index is 506. The number of hydrogen-bond donors (Lipinski definition) is 2. The molecule has 0 atom stereocenters. The Balaban J connectivity index is 2.89. The fourth-order valence-corrected chi connectivity index (χ4v) is 1.84. The molecule has 0 heterocycles. The summed E-state index contributed by atoms with van der Waals surface area (Å²) in [5.41, 5.74) is 1.65. The molecule has 0 bridgehead atoms. The van der Waals surface area contributed by atoms with Crippen molar-refractivity contribution in [1.82, 2.24) is 5.32 Å². The third-order valence-corrected chi connectivity index (χ3v) is 2.97. The summed E-state index contributed by atoms with van der Waals surface area (Å²) >= 11 is 0. The number of carbonyl (C=O) groups excluding carboxylic acids is 1. The summed E-state index contributed by atoms with van der Waals surface area (Å²) in [7, 11) is 0. The third kappa shape index (κ3) is 5.85. The standard InChI is InChI=1S/C16H24N2O3/c1-12-7-5-6-8-13(12)18(10-9-14(19)20)15(21)17-11-16(2,3)4/h5-8H,9-11H2,1-4H3,(H,17,21)(H,19,20). The van der Waals surface area contributed by atoms with Crippen LogP contribution in [0.15, 0.2) is 24.3 Å². The summed E-state index contributed by atoms with van der Waals surface area (Å²) in [4.78, 5) is 24.7. The van der Waals surface area contributed by atoms with Gasteiger partial charge < -0.3 is 10.4 Å². The minimum absolute atomic E-state index is 0.0279. The second-order valence-corrected chi connectivity index (χ2v) is 6.30. The highest BCUT2D eigenvalue weighted by molar-refractivity contribution is 5.93. The van der Waals surface area contributed by atoms with Crippen LogP contribution in [0.4, 0.5) is 10.5 Å². The maximum absolute atomic E-state index is 12.4. The molecule has 0 unspecified atom stereocenters. The predicted molar refractivity (Wildman–Crippen MR) is 83.6 cm³/mol. The van der Waals surface area contributed by atoms with Crippen LogP contribution >= 0.6 is 0 Å². The number of urea groups is 1. The third-order valence-electron chi connectivity index (χ3n) is 2.97. The van der Waals surface area contributed by atoms with Gasteiger partial charge in [-0.1, -0.05) is 39.0 Å². The van der Waals surface area contributed by atoms with E-state index in [1.807, 2.05) is 52.0 Å². The van der Waals surface area contributed by atoms with E-state index in [0.717, 1.165) is 11.3 Å². The van der Waals surface area contributed by atoms with Crippen molar-refractivity contribution in [2.75, 3.05) is 18.0 Å². The lowest BCUT2D eigenvalue weighted by Gasteiger charge is -2.26. The maximum Gasteiger partial charge on any atom is 0.321 e. The summed E-state index contributed by atoms with van der Waals surface area (Å²) in [6.07, 6.45) is -0.0860. The SMILES string of the molecule is Cc1ccccc1N(CCC(=O)O)C(=O)NCC(C)(C)C. The van der Waals surface area contributed by atoms with Gasteiger partial charge in [-0.25, -0.2) is 4.79 Å². The first-order valence-electron chi connectivity index (χ1n) is 7.03. The van der Waals surface area contributed by atoms with Crippen molar-refractivity contribution in [3.05, 3.63) is 29.8 Å². The minimum Gasteiger partial charge on any atom is -0.481 e. The summed E-state index contributed by atoms with van der Waals surface area (Å²) in [6.45, 7) is 8.67. The summed E-state index contributed by atoms with van der Waals surface area (Å²) < 4.78 is 0. The second kappa shape index (κ2) is 7.11. The molecule has 1 aromatic carbocycles. The number of anilines is 1. The highest BCUT2D eigenvalue weighted by atomic mass is 16.4. The van der Waals surface area contributed by atoms with Crippen LogP contribution in [0.25, 0.3) is 0 Å². The number of nitrogens with one attached hydrogen (secondary N) is 1. The zero-order valence-corrected chi connectivity index (χ0v) is 13.1. The Morgan fingerprint density at radius 3 is 2.38 bits per heavy atom. The fraction of sp³-hybridized carbons (Fsp3) is 0.500. The molecule has 0 aliphatic carbocycles. The molecule has 1 rings (SSSR count). The monoisotopic (exact) mass is 292 g/mol. The molecule has 0 radical (unpaired) electrons. The maximum atomic E-state index is 12.4. The molecule has 0 spiro atoms. The molecule has 0 fully saturated rings. The van der Waals surface area contributed by atoms with E-state index in [1.54, 1.807) is 0 Å². The lowest BCUT2D eigenvalue weighted by atomic mass is 9.97. The molecule has 0 saturated carbocycles. The van der Waals surface area contributed by atoms with Gasteiger partial charge in [0.2, 0.25) is 0 Å². The van der Waals surface area contributed by atoms with Gasteiger partial charge in [-0.15, -0.1) is 0 Å². The Hall–Kier alpha value is -2.04. The molecule has 2 amide bonds. The number of hydrogen-bond acceptors (Lipinski definition) is 2. The Kier molecular flexibility index (Phi) is 5.76. The number of carbonyl (C=O) groups is 2. The van der Waals surface area contributed by atoms with Crippen molar-refractivity contribution < 1.29 is 14.7 Å². The number of aliphatic carboxylic acids is 1. The van der Waals surface area contributed by atoms with Crippen LogP contribution in [0.5, 0.6) is 0 Å². The van der Waals surface area contributed by atoms with E-state index in [-0.39, 0.29) is 24.4 Å². The molecule has 0 aromatic heterocycles. The van der Waals surface area contributed by atoms with Crippen LogP contribution in [0.1, 0.15) is 32.8 Å². The number of carboxylic acid groups (broad SMARTS) is 1. The van der Waals surface area contributed by atoms with Gasteiger partial charge in [0.1, 0.15) is 0 Å². The molecular weight excluding hydrogens is 268 g/mol. The second-order valence-electron chi connectivity index (χ2n) is 6.30. The van der Waals surface area contributed by atoms with Crippen LogP contribution in [0.3, 0.4) is 0 Å². The van der Waals surface area contributed by atoms with Crippen molar-refractivity contribution in [1.29, 1.82) is 0 Å². The van der Waals surface area contributed by atoms with Gasteiger partial charge in [0, 0.05) is 18.8 Å². The van der Waals surface area contributed by atoms with Crippen molar-refractivity contribution >= 4 is 17.7 Å². The quantitative estimate of drug-likeness (QED) is 0.876. The Labute approximate surface area is 126 Å². The van der Waals surface area contributed by atoms with Gasteiger partial charge in [-0.3, -0.25) is 9.69 Å². The van der Waals surface area contributed by atoms with Crippen LogP contribution in [0.2, 0.25) is 0 Å². The van der Waals surface area contributed by atoms with Gasteiger partial charge in [0.25, 0.3) is 0 Å². The van der Waals surface area contributed by atoms with E-state index in [4.69, 9.17) is 5.11 Å². The number of amides is 2. The lowest BCUT2D eigenvalue weighted by molar-refractivity contribution is -0.136. The summed E-state index contributed by atoms with van der Waals surface area (Å²) in [5, 5.41) is 11.7. The molecule has 0 aliphatic rings. The highest BCUT2D eigenvalue weighted by Gasteiger charge is 2.20. The summed E-state index contributed by atoms with van der Waals surface area (Å²) in [5.74, 6) is -0.919. The molecule has 2 N–H and O–H groups in total. The van der Waals surface area contributed by atoms with Gasteiger partial charge >= 0.3 is 12.0 Å². The van der Waals surface area contributed by atoms with Gasteiger partial charge in [-0.05, 0) is 24.0 Å². The first kappa shape index (κ1) is 17.0. The lowest BCUT2D eigenvalue weighted by Crippen LogP contribution is -2.44. The fourth-order valence-electron chi connectivity index (χ4n) is 1.84. The first-order valence-corrected chi connectivity index (χ1v) is 7.03. The molecule has 5 heteroatoms. The van der Waals surface area contributed by atoms with Crippen LogP contribution in [-0.4, -0.2) is 30.2 Å². The number of benzene rings is 1. The van der Waals surface area contributed by atoms with E-state index in [9.17, 15) is 9.59 Å². The molecular formula is C16H24N2O3. The molecule has 0 aliphatic heterocycles. The van der Waals surface area contributed by atoms with Crippen LogP contribution in [0, 0.1) is 12.3 Å². The topological polar surface area (TPSA) is 69.6 Å². The van der Waals surface area contributed by atoms with E-state index in [1.165, 1.54) is 4.90 Å². The van der Waals surface area contributed by atoms with Crippen molar-refractivity contribution in [3.8, 4) is 0 Å². The van der Waals surface area contributed by atoms with E-state index in [2.05, 4.69) is 5.32 Å². The zero-order valence-electron chi connectivity index (χ0n) is 13.1. The molecule has 1 aromatic rings. The molecule has 116 valence electrons. The first-order chi connectivity index (χ1) is 9.70. The van der Waals surface area contributed by atoms with Crippen molar-refractivity contribution in [2.45, 2.75) is 34.1 Å². The van der Waals surface area contributed by atoms with E-state index in [0.29, 0.717) is 6.54 Å². The molecule has 21 heavy (non-hydrogen) atoms. The van der Waals surface area contributed by atoms with Crippen LogP contribution < -0.4 is 10.2 Å². The smallest absolute Gasteiger partial charge is 0.321 e. The Morgan fingerprint density at radius 1 is 1.24 bits per heavy atom. The number of rotatable bonds is 5. The van der Waals surface area contributed by atoms with Gasteiger partial charge in [-0.2, -0.15) is 0 Å². The van der Waals surface area contributed by atoms with E-state index < -0.39 is 5.97 Å². The average molecular weight is 292 g/mol. The zero-order chi connectivity index (χ0) is 16.0. The minimum atomic E-state index is -0.919. The summed E-state index contributed by atoms with van der Waals surface area (Å²) in [6, 6.07) is 7.20. The highest BCUT2D eigenvalue weighted by Crippen LogP contribution is 2.20. The largest absolute Gasteiger partial charge is 0.481 e. The van der Waals surface area contributed by atoms with E-state index >= 15 is 0 Å². The van der Waals surface area contributed by atoms with Gasteiger partial charge in [0.05, 0.1) is 6.42 Å². The predicted octanol–water partition coefficient (Wildman–Crippen LogP) is 3.03. The number of carboxylic acids is 1. The normalized spacial score (nSPS) is 11.0. The van der Waals surface area contributed by atoms with Crippen molar-refractivity contribution in [3.63, 3.8) is 0 Å². The Morgan fingerprint density at radius 2 is 1.86 bits per heavy atom. The van der Waals surface area contributed by atoms with Crippen molar-refractivity contribution in [2.24, 2.45) is 5.41 Å². The van der Waals surface area contributed by atoms with Gasteiger partial charge in [0.15, 0.2) is 0 Å². The van der Waals surface area contributed by atoms with Crippen LogP contribution in [-0.2, 0) is 4.79 Å². The average Bonchev–Trinajstić information content (AvgIpc) is 2.37. The molecule has 0 saturated heterocycles. The number of nitrogens with zero attached hydrogens (tertiary/aromatic N) is 1.